The van der Waals surface area contributed by atoms with Gasteiger partial charge in [-0.2, -0.15) is 4.98 Å². The highest BCUT2D eigenvalue weighted by Gasteiger charge is 2.12. The third kappa shape index (κ3) is 4.77. The van der Waals surface area contributed by atoms with E-state index in [9.17, 15) is 4.79 Å². The van der Waals surface area contributed by atoms with Gasteiger partial charge < -0.3 is 14.6 Å². The molecule has 1 aromatic carbocycles. The molecule has 9 nitrogen and oxygen atoms in total. The Labute approximate surface area is 179 Å². The second-order valence-corrected chi connectivity index (χ2v) is 6.70. The van der Waals surface area contributed by atoms with Crippen LogP contribution in [0.15, 0.2) is 59.6 Å². The summed E-state index contributed by atoms with van der Waals surface area (Å²) in [6.07, 6.45) is 5.53. The molecule has 0 spiro atoms. The van der Waals surface area contributed by atoms with Crippen molar-refractivity contribution in [2.45, 2.75) is 26.8 Å². The van der Waals surface area contributed by atoms with Gasteiger partial charge >= 0.3 is 0 Å². The quantitative estimate of drug-likeness (QED) is 0.468. The lowest BCUT2D eigenvalue weighted by Crippen LogP contribution is -2.23. The van der Waals surface area contributed by atoms with E-state index in [4.69, 9.17) is 9.26 Å². The van der Waals surface area contributed by atoms with Gasteiger partial charge in [-0.1, -0.05) is 24.2 Å². The van der Waals surface area contributed by atoms with Crippen molar-refractivity contribution in [1.82, 2.24) is 30.0 Å². The first-order chi connectivity index (χ1) is 15.2. The molecular formula is C22H22N6O3. The van der Waals surface area contributed by atoms with Crippen molar-refractivity contribution in [1.29, 1.82) is 0 Å². The molecule has 1 amide bonds. The predicted molar refractivity (Wildman–Crippen MR) is 113 cm³/mol. The van der Waals surface area contributed by atoms with E-state index >= 15 is 0 Å². The number of hydrogen-bond donors (Lipinski definition) is 1. The van der Waals surface area contributed by atoms with Gasteiger partial charge in [0.25, 0.3) is 11.8 Å². The lowest BCUT2D eigenvalue weighted by Gasteiger charge is -2.07. The van der Waals surface area contributed by atoms with Gasteiger partial charge in [0.05, 0.1) is 12.2 Å². The Morgan fingerprint density at radius 1 is 1.19 bits per heavy atom. The maximum absolute atomic E-state index is 12.5. The van der Waals surface area contributed by atoms with E-state index in [0.717, 1.165) is 16.9 Å². The molecule has 0 saturated heterocycles. The number of carbonyl (C=O) groups excluding carboxylic acids is 1. The molecule has 4 aromatic rings. The van der Waals surface area contributed by atoms with E-state index in [2.05, 4.69) is 25.4 Å². The zero-order chi connectivity index (χ0) is 21.6. The largest absolute Gasteiger partial charge is 0.494 e. The van der Waals surface area contributed by atoms with E-state index in [1.807, 2.05) is 44.2 Å². The van der Waals surface area contributed by atoms with Gasteiger partial charge in [-0.15, -0.1) is 0 Å². The summed E-state index contributed by atoms with van der Waals surface area (Å²) >= 11 is 0. The number of carbonyl (C=O) groups is 1. The van der Waals surface area contributed by atoms with Gasteiger partial charge in [-0.3, -0.25) is 9.36 Å². The molecule has 3 heterocycles. The monoisotopic (exact) mass is 418 g/mol. The summed E-state index contributed by atoms with van der Waals surface area (Å²) in [4.78, 5) is 25.4. The smallest absolute Gasteiger partial charge is 0.271 e. The molecule has 3 aromatic heterocycles. The average molecular weight is 418 g/mol. The number of nitrogens with one attached hydrogen (secondary N) is 1. The number of imidazole rings is 1. The molecule has 0 bridgehead atoms. The minimum atomic E-state index is -0.268. The molecule has 0 fully saturated rings. The molecule has 0 aliphatic heterocycles. The van der Waals surface area contributed by atoms with E-state index in [-0.39, 0.29) is 5.91 Å². The fraction of sp³-hybridized carbons (Fsp3) is 0.227. The van der Waals surface area contributed by atoms with Crippen molar-refractivity contribution < 1.29 is 14.1 Å². The highest BCUT2D eigenvalue weighted by molar-refractivity contribution is 5.92. The van der Waals surface area contributed by atoms with Gasteiger partial charge in [0.2, 0.25) is 0 Å². The standard InChI is InChI=1S/C22H22N6O3/c1-3-19-26-22(31-27-19)16-8-9-20(23-12-16)28-13-18(25-14-28)21(29)24-11-15-6-5-7-17(10-15)30-4-2/h5-10,12-14H,3-4,11H2,1-2H3,(H,24,29). The molecule has 0 saturated carbocycles. The van der Waals surface area contributed by atoms with E-state index < -0.39 is 0 Å². The summed E-state index contributed by atoms with van der Waals surface area (Å²) in [7, 11) is 0. The van der Waals surface area contributed by atoms with Crippen LogP contribution in [0.2, 0.25) is 0 Å². The van der Waals surface area contributed by atoms with Crippen molar-refractivity contribution in [3.8, 4) is 23.0 Å². The zero-order valence-electron chi connectivity index (χ0n) is 17.3. The predicted octanol–water partition coefficient (Wildman–Crippen LogP) is 3.21. The zero-order valence-corrected chi connectivity index (χ0v) is 17.3. The molecular weight excluding hydrogens is 396 g/mol. The molecule has 0 radical (unpaired) electrons. The topological polar surface area (TPSA) is 108 Å². The van der Waals surface area contributed by atoms with Crippen LogP contribution in [0.3, 0.4) is 0 Å². The highest BCUT2D eigenvalue weighted by atomic mass is 16.5. The van der Waals surface area contributed by atoms with Gasteiger partial charge in [-0.25, -0.2) is 9.97 Å². The molecule has 0 atom stereocenters. The maximum Gasteiger partial charge on any atom is 0.271 e. The van der Waals surface area contributed by atoms with Crippen molar-refractivity contribution in [3.63, 3.8) is 0 Å². The van der Waals surface area contributed by atoms with Gasteiger partial charge in [0.1, 0.15) is 23.6 Å². The van der Waals surface area contributed by atoms with Crippen LogP contribution in [0.4, 0.5) is 0 Å². The Morgan fingerprint density at radius 2 is 2.10 bits per heavy atom. The number of aryl methyl sites for hydroxylation is 1. The van der Waals surface area contributed by atoms with E-state index in [1.165, 1.54) is 0 Å². The Hall–Kier alpha value is -4.01. The molecule has 0 unspecified atom stereocenters. The lowest BCUT2D eigenvalue weighted by molar-refractivity contribution is 0.0946. The van der Waals surface area contributed by atoms with Crippen molar-refractivity contribution in [2.24, 2.45) is 0 Å². The fourth-order valence-corrected chi connectivity index (χ4v) is 2.93. The summed E-state index contributed by atoms with van der Waals surface area (Å²) in [6, 6.07) is 11.2. The highest BCUT2D eigenvalue weighted by Crippen LogP contribution is 2.18. The number of nitrogens with zero attached hydrogens (tertiary/aromatic N) is 5. The van der Waals surface area contributed by atoms with Gasteiger partial charge in [-0.05, 0) is 36.8 Å². The summed E-state index contributed by atoms with van der Waals surface area (Å²) < 4.78 is 12.4. The number of pyridine rings is 1. The minimum absolute atomic E-state index is 0.268. The number of rotatable bonds is 8. The second-order valence-electron chi connectivity index (χ2n) is 6.70. The van der Waals surface area contributed by atoms with Crippen LogP contribution in [0.25, 0.3) is 17.3 Å². The minimum Gasteiger partial charge on any atom is -0.494 e. The normalized spacial score (nSPS) is 10.8. The van der Waals surface area contributed by atoms with Crippen LogP contribution in [0.5, 0.6) is 5.75 Å². The summed E-state index contributed by atoms with van der Waals surface area (Å²) in [5.74, 6) is 2.20. The first kappa shape index (κ1) is 20.3. The van der Waals surface area contributed by atoms with Gasteiger partial charge in [0, 0.05) is 25.4 Å². The Bertz CT molecular complexity index is 1170. The SMILES string of the molecule is CCOc1cccc(CNC(=O)c2cn(-c3ccc(-c4nc(CC)no4)cn3)cn2)c1. The molecule has 31 heavy (non-hydrogen) atoms. The number of ether oxygens (including phenoxy) is 1. The van der Waals surface area contributed by atoms with E-state index in [0.29, 0.717) is 42.8 Å². The third-order valence-electron chi connectivity index (χ3n) is 4.52. The van der Waals surface area contributed by atoms with Crippen molar-refractivity contribution in [3.05, 3.63) is 72.2 Å². The van der Waals surface area contributed by atoms with Crippen LogP contribution in [0, 0.1) is 0 Å². The number of hydrogen-bond acceptors (Lipinski definition) is 7. The Balaban J connectivity index is 1.40. The molecule has 4 rings (SSSR count). The number of benzene rings is 1. The fourth-order valence-electron chi connectivity index (χ4n) is 2.93. The third-order valence-corrected chi connectivity index (χ3v) is 4.52. The Morgan fingerprint density at radius 3 is 2.84 bits per heavy atom. The van der Waals surface area contributed by atoms with Crippen LogP contribution in [-0.4, -0.2) is 37.2 Å². The molecule has 158 valence electrons. The lowest BCUT2D eigenvalue weighted by atomic mass is 10.2. The van der Waals surface area contributed by atoms with Crippen molar-refractivity contribution >= 4 is 5.91 Å². The van der Waals surface area contributed by atoms with Crippen LogP contribution >= 0.6 is 0 Å². The molecule has 0 aliphatic rings. The number of amides is 1. The summed E-state index contributed by atoms with van der Waals surface area (Å²) in [5, 5.41) is 6.76. The Kier molecular flexibility index (Phi) is 6.02. The molecule has 0 aliphatic carbocycles. The van der Waals surface area contributed by atoms with Crippen LogP contribution in [-0.2, 0) is 13.0 Å². The maximum atomic E-state index is 12.5. The molecule has 1 N–H and O–H groups in total. The summed E-state index contributed by atoms with van der Waals surface area (Å²) in [6.45, 7) is 4.86. The van der Waals surface area contributed by atoms with Crippen LogP contribution in [0.1, 0.15) is 35.7 Å². The number of aromatic nitrogens is 5. The summed E-state index contributed by atoms with van der Waals surface area (Å²) in [5.41, 5.74) is 1.97. The first-order valence-electron chi connectivity index (χ1n) is 9.99. The second kappa shape index (κ2) is 9.21. The molecule has 9 heteroatoms. The van der Waals surface area contributed by atoms with Crippen LogP contribution < -0.4 is 10.1 Å². The van der Waals surface area contributed by atoms with E-state index in [1.54, 1.807) is 29.4 Å². The average Bonchev–Trinajstić information content (AvgIpc) is 3.48. The van der Waals surface area contributed by atoms with Gasteiger partial charge in [0.15, 0.2) is 5.82 Å². The van der Waals surface area contributed by atoms with Crippen molar-refractivity contribution in [2.75, 3.05) is 6.61 Å². The first-order valence-corrected chi connectivity index (χ1v) is 9.99.